The molecule has 1 aliphatic heterocycles. The number of hydrogen-bond acceptors (Lipinski definition) is 7. The number of pyridine rings is 2. The van der Waals surface area contributed by atoms with Crippen LogP contribution in [0.1, 0.15) is 28.6 Å². The second kappa shape index (κ2) is 8.25. The van der Waals surface area contributed by atoms with Gasteiger partial charge in [-0.1, -0.05) is 35.1 Å². The number of thiazole rings is 1. The molecule has 6 rings (SSSR count). The van der Waals surface area contributed by atoms with Gasteiger partial charge in [0.1, 0.15) is 11.3 Å². The van der Waals surface area contributed by atoms with Crippen molar-refractivity contribution in [2.45, 2.75) is 19.9 Å². The van der Waals surface area contributed by atoms with E-state index in [9.17, 15) is 14.7 Å². The molecule has 1 unspecified atom stereocenters. The van der Waals surface area contributed by atoms with E-state index in [4.69, 9.17) is 11.6 Å². The number of rotatable bonds is 3. The molecule has 0 bridgehead atoms. The number of fused-ring (bicyclic) bond motifs is 2. The molecule has 0 spiro atoms. The summed E-state index contributed by atoms with van der Waals surface area (Å²) in [5, 5.41) is 12.4. The third-order valence-corrected chi connectivity index (χ3v) is 7.55. The van der Waals surface area contributed by atoms with Crippen LogP contribution in [0, 0.1) is 13.8 Å². The van der Waals surface area contributed by atoms with Gasteiger partial charge in [-0.3, -0.25) is 19.5 Å². The maximum atomic E-state index is 13.4. The van der Waals surface area contributed by atoms with Gasteiger partial charge in [0.05, 0.1) is 27.5 Å². The van der Waals surface area contributed by atoms with E-state index < -0.39 is 17.7 Å². The standard InChI is InChI=1S/C26H18ClN5O3S/c1-13-5-4-10-31-14(2)20(30-24(13)31)22(33)19-21(15-6-3-9-28-12-15)32(25(35)23(19)34)26-29-17-8-7-16(27)11-18(17)36-26/h3-12,21,33H,1-2H3/b22-19+. The lowest BCUT2D eigenvalue weighted by molar-refractivity contribution is -0.132. The number of benzene rings is 1. The Morgan fingerprint density at radius 3 is 2.69 bits per heavy atom. The van der Waals surface area contributed by atoms with Gasteiger partial charge in [-0.2, -0.15) is 0 Å². The summed E-state index contributed by atoms with van der Waals surface area (Å²) < 4.78 is 2.62. The first-order valence-electron chi connectivity index (χ1n) is 11.1. The highest BCUT2D eigenvalue weighted by atomic mass is 35.5. The summed E-state index contributed by atoms with van der Waals surface area (Å²) in [5.41, 5.74) is 3.62. The van der Waals surface area contributed by atoms with Crippen LogP contribution in [0.25, 0.3) is 21.6 Å². The molecule has 1 N–H and O–H groups in total. The highest BCUT2D eigenvalue weighted by molar-refractivity contribution is 7.22. The molecular weight excluding hydrogens is 498 g/mol. The van der Waals surface area contributed by atoms with Crippen molar-refractivity contribution in [3.63, 3.8) is 0 Å². The van der Waals surface area contributed by atoms with Crippen LogP contribution in [0.2, 0.25) is 5.02 Å². The molecule has 1 saturated heterocycles. The number of amides is 1. The van der Waals surface area contributed by atoms with E-state index in [2.05, 4.69) is 15.0 Å². The van der Waals surface area contributed by atoms with E-state index >= 15 is 0 Å². The first-order chi connectivity index (χ1) is 17.3. The van der Waals surface area contributed by atoms with Crippen molar-refractivity contribution >= 4 is 61.4 Å². The summed E-state index contributed by atoms with van der Waals surface area (Å²) in [5.74, 6) is -1.94. The number of Topliss-reactive ketones (excluding diaryl/α,β-unsaturated/α-hetero) is 1. The van der Waals surface area contributed by atoms with E-state index in [1.54, 1.807) is 49.6 Å². The molecule has 5 heterocycles. The second-order valence-electron chi connectivity index (χ2n) is 8.49. The Kier molecular flexibility index (Phi) is 5.13. The molecule has 36 heavy (non-hydrogen) atoms. The highest BCUT2D eigenvalue weighted by Gasteiger charge is 2.48. The molecule has 0 aliphatic carbocycles. The fraction of sp³-hybridized carbons (Fsp3) is 0.115. The Labute approximate surface area is 214 Å². The van der Waals surface area contributed by atoms with Crippen LogP contribution in [0.15, 0.2) is 66.6 Å². The summed E-state index contributed by atoms with van der Waals surface area (Å²) in [6.07, 6.45) is 5.01. The molecule has 1 atom stereocenters. The Morgan fingerprint density at radius 2 is 1.94 bits per heavy atom. The smallest absolute Gasteiger partial charge is 0.301 e. The van der Waals surface area contributed by atoms with Gasteiger partial charge >= 0.3 is 5.91 Å². The van der Waals surface area contributed by atoms with E-state index in [0.29, 0.717) is 32.6 Å². The maximum absolute atomic E-state index is 13.4. The Morgan fingerprint density at radius 1 is 1.11 bits per heavy atom. The van der Waals surface area contributed by atoms with Crippen molar-refractivity contribution in [3.05, 3.63) is 94.2 Å². The van der Waals surface area contributed by atoms with Crippen molar-refractivity contribution in [1.29, 1.82) is 0 Å². The number of hydrogen-bond donors (Lipinski definition) is 1. The van der Waals surface area contributed by atoms with Crippen molar-refractivity contribution in [3.8, 4) is 0 Å². The molecule has 1 amide bonds. The number of carbonyl (C=O) groups is 2. The zero-order valence-corrected chi connectivity index (χ0v) is 20.7. The SMILES string of the molecule is Cc1cccn2c(C)c(/C(O)=C3\C(=O)C(=O)N(c4nc5ccc(Cl)cc5s4)C3c3cccnc3)nc12. The van der Waals surface area contributed by atoms with Gasteiger partial charge in [0.2, 0.25) is 0 Å². The maximum Gasteiger partial charge on any atom is 0.301 e. The molecule has 4 aromatic heterocycles. The van der Waals surface area contributed by atoms with Gasteiger partial charge in [0.25, 0.3) is 5.78 Å². The molecule has 1 aliphatic rings. The van der Waals surface area contributed by atoms with E-state index in [1.807, 2.05) is 29.7 Å². The first-order valence-corrected chi connectivity index (χ1v) is 12.3. The minimum atomic E-state index is -0.931. The molecule has 1 fully saturated rings. The number of anilines is 1. The summed E-state index contributed by atoms with van der Waals surface area (Å²) in [6, 6.07) is 11.6. The Balaban J connectivity index is 1.59. The van der Waals surface area contributed by atoms with Crippen LogP contribution in [0.3, 0.4) is 0 Å². The van der Waals surface area contributed by atoms with Gasteiger partial charge in [0.15, 0.2) is 10.9 Å². The largest absolute Gasteiger partial charge is 0.505 e. The van der Waals surface area contributed by atoms with Gasteiger partial charge < -0.3 is 9.51 Å². The average Bonchev–Trinajstić information content (AvgIpc) is 3.52. The topological polar surface area (TPSA) is 101 Å². The number of aromatic nitrogens is 4. The number of aliphatic hydroxyl groups excluding tert-OH is 1. The van der Waals surface area contributed by atoms with Crippen LogP contribution in [-0.2, 0) is 9.59 Å². The molecule has 178 valence electrons. The van der Waals surface area contributed by atoms with Crippen molar-refractivity contribution in [2.24, 2.45) is 0 Å². The molecule has 8 nitrogen and oxygen atoms in total. The van der Waals surface area contributed by atoms with E-state index in [1.165, 1.54) is 16.2 Å². The Bertz CT molecular complexity index is 1740. The fourth-order valence-electron chi connectivity index (χ4n) is 4.55. The van der Waals surface area contributed by atoms with Crippen molar-refractivity contribution in [2.75, 3.05) is 4.90 Å². The number of carbonyl (C=O) groups excluding carboxylic acids is 2. The highest BCUT2D eigenvalue weighted by Crippen LogP contribution is 2.44. The third-order valence-electron chi connectivity index (χ3n) is 6.30. The minimum absolute atomic E-state index is 0.0607. The number of aliphatic hydroxyl groups is 1. The molecule has 5 aromatic rings. The number of aryl methyl sites for hydroxylation is 2. The lowest BCUT2D eigenvalue weighted by Crippen LogP contribution is -2.29. The normalized spacial score (nSPS) is 17.5. The summed E-state index contributed by atoms with van der Waals surface area (Å²) in [4.78, 5) is 41.6. The lowest BCUT2D eigenvalue weighted by atomic mass is 9.97. The number of halogens is 1. The number of nitrogens with zero attached hydrogens (tertiary/aromatic N) is 5. The van der Waals surface area contributed by atoms with Crippen molar-refractivity contribution in [1.82, 2.24) is 19.4 Å². The molecule has 10 heteroatoms. The zero-order valence-electron chi connectivity index (χ0n) is 19.1. The molecule has 0 radical (unpaired) electrons. The average molecular weight is 516 g/mol. The fourth-order valence-corrected chi connectivity index (χ4v) is 5.81. The van der Waals surface area contributed by atoms with E-state index in [-0.39, 0.29) is 17.0 Å². The van der Waals surface area contributed by atoms with Crippen LogP contribution >= 0.6 is 22.9 Å². The predicted molar refractivity (Wildman–Crippen MR) is 138 cm³/mol. The van der Waals surface area contributed by atoms with Gasteiger partial charge in [-0.25, -0.2) is 9.97 Å². The third kappa shape index (κ3) is 3.31. The summed E-state index contributed by atoms with van der Waals surface area (Å²) in [6.45, 7) is 3.72. The second-order valence-corrected chi connectivity index (χ2v) is 9.94. The Hall–Kier alpha value is -4.08. The van der Waals surface area contributed by atoms with Gasteiger partial charge in [0, 0.05) is 23.6 Å². The monoisotopic (exact) mass is 515 g/mol. The first kappa shape index (κ1) is 22.4. The van der Waals surface area contributed by atoms with Crippen molar-refractivity contribution < 1.29 is 14.7 Å². The van der Waals surface area contributed by atoms with E-state index in [0.717, 1.165) is 10.3 Å². The zero-order chi connectivity index (χ0) is 25.1. The lowest BCUT2D eigenvalue weighted by Gasteiger charge is -2.22. The van der Waals surface area contributed by atoms with Crippen LogP contribution < -0.4 is 4.90 Å². The van der Waals surface area contributed by atoms with Gasteiger partial charge in [-0.05, 0) is 55.3 Å². The quantitative estimate of drug-likeness (QED) is 0.200. The molecule has 0 saturated carbocycles. The van der Waals surface area contributed by atoms with Crippen LogP contribution in [0.5, 0.6) is 0 Å². The predicted octanol–water partition coefficient (Wildman–Crippen LogP) is 5.24. The van der Waals surface area contributed by atoms with Crippen LogP contribution in [-0.4, -0.2) is 36.1 Å². The summed E-state index contributed by atoms with van der Waals surface area (Å²) >= 11 is 7.39. The summed E-state index contributed by atoms with van der Waals surface area (Å²) in [7, 11) is 0. The molecule has 1 aromatic carbocycles. The minimum Gasteiger partial charge on any atom is -0.505 e. The molecular formula is C26H18ClN5O3S. The van der Waals surface area contributed by atoms with Gasteiger partial charge in [-0.15, -0.1) is 0 Å². The number of imidazole rings is 1. The van der Waals surface area contributed by atoms with Crippen LogP contribution in [0.4, 0.5) is 5.13 Å². The number of ketones is 1.